The second-order valence-electron chi connectivity index (χ2n) is 8.32. The summed E-state index contributed by atoms with van der Waals surface area (Å²) in [5.41, 5.74) is -0.822. The molecule has 10 heteroatoms. The lowest BCUT2D eigenvalue weighted by Gasteiger charge is -2.38. The second-order valence-corrected chi connectivity index (χ2v) is 8.73. The van der Waals surface area contributed by atoms with E-state index in [9.17, 15) is 22.8 Å². The number of nitrogens with zero attached hydrogens (tertiary/aromatic N) is 3. The third-order valence-corrected chi connectivity index (χ3v) is 6.41. The molecule has 1 saturated carbocycles. The third-order valence-electron chi connectivity index (χ3n) is 6.08. The maximum absolute atomic E-state index is 13.3. The highest BCUT2D eigenvalue weighted by Crippen LogP contribution is 2.40. The summed E-state index contributed by atoms with van der Waals surface area (Å²) in [6.07, 6.45) is -0.793. The molecule has 0 unspecified atom stereocenters. The molecule has 2 amide bonds. The highest BCUT2D eigenvalue weighted by Gasteiger charge is 2.48. The minimum atomic E-state index is -4.59. The van der Waals surface area contributed by atoms with E-state index < -0.39 is 29.2 Å². The molecule has 0 aromatic heterocycles. The number of carbonyl (C=O) groups is 2. The van der Waals surface area contributed by atoms with Crippen molar-refractivity contribution in [1.82, 2.24) is 4.90 Å². The largest absolute Gasteiger partial charge is 0.416 e. The Bertz CT molecular complexity index is 1200. The molecule has 176 valence electrons. The van der Waals surface area contributed by atoms with Crippen LogP contribution in [-0.4, -0.2) is 34.6 Å². The second kappa shape index (κ2) is 9.11. The molecule has 1 aliphatic heterocycles. The van der Waals surface area contributed by atoms with Crippen LogP contribution >= 0.6 is 11.6 Å². The summed E-state index contributed by atoms with van der Waals surface area (Å²) in [6, 6.07) is 11.1. The lowest BCUT2D eigenvalue weighted by atomic mass is 9.88. The molecule has 0 atom stereocenters. The number of hydrogen-bond donors (Lipinski definition) is 1. The molecular weight excluding hydrogens is 469 g/mol. The van der Waals surface area contributed by atoms with Crippen molar-refractivity contribution in [2.75, 3.05) is 11.9 Å². The van der Waals surface area contributed by atoms with Gasteiger partial charge in [0.15, 0.2) is 0 Å². The molecule has 1 spiro atoms. The van der Waals surface area contributed by atoms with Gasteiger partial charge in [0.25, 0.3) is 5.91 Å². The van der Waals surface area contributed by atoms with Gasteiger partial charge in [0.1, 0.15) is 17.9 Å². The van der Waals surface area contributed by atoms with Crippen LogP contribution in [0, 0.1) is 11.3 Å². The van der Waals surface area contributed by atoms with E-state index in [0.717, 1.165) is 37.5 Å². The number of aliphatic imine (C=N–C) groups is 1. The van der Waals surface area contributed by atoms with Gasteiger partial charge in [-0.2, -0.15) is 18.4 Å². The average molecular weight is 489 g/mol. The minimum absolute atomic E-state index is 0.0454. The molecule has 4 rings (SSSR count). The van der Waals surface area contributed by atoms with Crippen LogP contribution in [0.4, 0.5) is 18.9 Å². The van der Waals surface area contributed by atoms with E-state index in [4.69, 9.17) is 21.9 Å². The van der Waals surface area contributed by atoms with Crippen LogP contribution in [0.1, 0.15) is 48.8 Å². The number of halogens is 4. The zero-order chi connectivity index (χ0) is 24.5. The predicted octanol–water partition coefficient (Wildman–Crippen LogP) is 5.16. The maximum atomic E-state index is 13.3. The van der Waals surface area contributed by atoms with Gasteiger partial charge in [-0.25, -0.2) is 0 Å². The van der Waals surface area contributed by atoms with Crippen LogP contribution < -0.4 is 5.32 Å². The number of alkyl halides is 3. The van der Waals surface area contributed by atoms with Gasteiger partial charge in [0, 0.05) is 5.56 Å². The highest BCUT2D eigenvalue weighted by molar-refractivity contribution is 6.47. The number of hydrogen-bond acceptors (Lipinski definition) is 4. The lowest BCUT2D eigenvalue weighted by Crippen LogP contribution is -2.51. The van der Waals surface area contributed by atoms with Gasteiger partial charge in [0.2, 0.25) is 5.91 Å². The molecule has 6 nitrogen and oxygen atoms in total. The summed E-state index contributed by atoms with van der Waals surface area (Å²) in [5, 5.41) is 11.4. The summed E-state index contributed by atoms with van der Waals surface area (Å²) < 4.78 is 39.2. The van der Waals surface area contributed by atoms with Crippen molar-refractivity contribution in [3.8, 4) is 6.07 Å². The van der Waals surface area contributed by atoms with E-state index in [1.54, 1.807) is 24.3 Å². The number of carbonyl (C=O) groups excluding carboxylic acids is 2. The SMILES string of the molecule is N#Cc1ccc(C2=NC3(CCCCC3)N(CC(=O)Nc3cc(C(F)(F)F)ccc3Cl)C2=O)cc1. The number of rotatable bonds is 4. The summed E-state index contributed by atoms with van der Waals surface area (Å²) in [6.45, 7) is -0.380. The third kappa shape index (κ3) is 4.64. The molecule has 1 fully saturated rings. The number of nitriles is 1. The first kappa shape index (κ1) is 23.8. The van der Waals surface area contributed by atoms with E-state index in [1.807, 2.05) is 6.07 Å². The molecule has 0 radical (unpaired) electrons. The number of anilines is 1. The maximum Gasteiger partial charge on any atom is 0.416 e. The van der Waals surface area contributed by atoms with Gasteiger partial charge < -0.3 is 10.2 Å². The zero-order valence-electron chi connectivity index (χ0n) is 18.0. The molecule has 1 N–H and O–H groups in total. The van der Waals surface area contributed by atoms with Gasteiger partial charge >= 0.3 is 6.18 Å². The fraction of sp³-hybridized carbons (Fsp3) is 0.333. The lowest BCUT2D eigenvalue weighted by molar-refractivity contribution is -0.137. The first-order valence-electron chi connectivity index (χ1n) is 10.7. The van der Waals surface area contributed by atoms with E-state index >= 15 is 0 Å². The van der Waals surface area contributed by atoms with Crippen LogP contribution in [0.25, 0.3) is 0 Å². The Kier molecular flexibility index (Phi) is 6.36. The Morgan fingerprint density at radius 2 is 1.82 bits per heavy atom. The summed E-state index contributed by atoms with van der Waals surface area (Å²) in [4.78, 5) is 32.3. The summed E-state index contributed by atoms with van der Waals surface area (Å²) in [7, 11) is 0. The van der Waals surface area contributed by atoms with Gasteiger partial charge in [-0.15, -0.1) is 0 Å². The van der Waals surface area contributed by atoms with Crippen molar-refractivity contribution in [3.63, 3.8) is 0 Å². The van der Waals surface area contributed by atoms with Gasteiger partial charge in [-0.05, 0) is 56.0 Å². The first-order valence-corrected chi connectivity index (χ1v) is 11.1. The molecule has 2 aliphatic rings. The molecule has 0 saturated heterocycles. The van der Waals surface area contributed by atoms with Crippen molar-refractivity contribution < 1.29 is 22.8 Å². The Labute approximate surface area is 199 Å². The molecule has 1 aliphatic carbocycles. The van der Waals surface area contributed by atoms with Crippen LogP contribution in [0.5, 0.6) is 0 Å². The van der Waals surface area contributed by atoms with Gasteiger partial charge in [-0.3, -0.25) is 14.6 Å². The quantitative estimate of drug-likeness (QED) is 0.645. The topological polar surface area (TPSA) is 85.6 Å². The highest BCUT2D eigenvalue weighted by atomic mass is 35.5. The standard InChI is InChI=1S/C24H20ClF3N4O2/c25-18-9-8-17(24(26,27)28)12-19(18)30-20(33)14-32-22(34)21(16-6-4-15(13-29)5-7-16)31-23(32)10-2-1-3-11-23/h4-9,12H,1-3,10-11,14H2,(H,30,33). The number of nitrogens with one attached hydrogen (secondary N) is 1. The van der Waals surface area contributed by atoms with E-state index in [2.05, 4.69) is 5.32 Å². The first-order chi connectivity index (χ1) is 16.1. The van der Waals surface area contributed by atoms with Gasteiger partial charge in [-0.1, -0.05) is 30.2 Å². The Morgan fingerprint density at radius 3 is 2.44 bits per heavy atom. The summed E-state index contributed by atoms with van der Waals surface area (Å²) in [5.74, 6) is -1.10. The monoisotopic (exact) mass is 488 g/mol. The van der Waals surface area contributed by atoms with Crippen molar-refractivity contribution in [3.05, 3.63) is 64.2 Å². The average Bonchev–Trinajstić information content (AvgIpc) is 3.06. The van der Waals surface area contributed by atoms with E-state index in [0.29, 0.717) is 24.0 Å². The van der Waals surface area contributed by atoms with Crippen molar-refractivity contribution in [2.45, 2.75) is 43.9 Å². The van der Waals surface area contributed by atoms with Crippen LogP contribution in [-0.2, 0) is 15.8 Å². The van der Waals surface area contributed by atoms with Crippen LogP contribution in [0.2, 0.25) is 5.02 Å². The Morgan fingerprint density at radius 1 is 1.15 bits per heavy atom. The summed E-state index contributed by atoms with van der Waals surface area (Å²) >= 11 is 6.00. The molecule has 2 aromatic carbocycles. The molecule has 1 heterocycles. The van der Waals surface area contributed by atoms with Crippen molar-refractivity contribution >= 4 is 34.8 Å². The van der Waals surface area contributed by atoms with Crippen LogP contribution in [0.15, 0.2) is 47.5 Å². The zero-order valence-corrected chi connectivity index (χ0v) is 18.7. The van der Waals surface area contributed by atoms with Crippen molar-refractivity contribution in [2.24, 2.45) is 4.99 Å². The number of amides is 2. The smallest absolute Gasteiger partial charge is 0.323 e. The Hall–Kier alpha value is -3.38. The normalized spacial score (nSPS) is 17.4. The fourth-order valence-corrected chi connectivity index (χ4v) is 4.54. The molecule has 0 bridgehead atoms. The van der Waals surface area contributed by atoms with E-state index in [1.165, 1.54) is 4.90 Å². The Balaban J connectivity index is 1.59. The fourth-order valence-electron chi connectivity index (χ4n) is 4.37. The van der Waals surface area contributed by atoms with Crippen LogP contribution in [0.3, 0.4) is 0 Å². The number of benzene rings is 2. The predicted molar refractivity (Wildman–Crippen MR) is 120 cm³/mol. The molecule has 34 heavy (non-hydrogen) atoms. The molecular formula is C24H20ClF3N4O2. The van der Waals surface area contributed by atoms with Crippen molar-refractivity contribution in [1.29, 1.82) is 5.26 Å². The molecule has 2 aromatic rings. The van der Waals surface area contributed by atoms with E-state index in [-0.39, 0.29) is 23.0 Å². The van der Waals surface area contributed by atoms with Gasteiger partial charge in [0.05, 0.1) is 27.9 Å². The minimum Gasteiger partial charge on any atom is -0.323 e.